The molecule has 0 saturated carbocycles. The van der Waals surface area contributed by atoms with Crippen LogP contribution in [-0.4, -0.2) is 33.9 Å². The van der Waals surface area contributed by atoms with Gasteiger partial charge >= 0.3 is 21.1 Å². The van der Waals surface area contributed by atoms with Gasteiger partial charge in [0, 0.05) is 22.4 Å². The fourth-order valence-electron chi connectivity index (χ4n) is 7.53. The van der Waals surface area contributed by atoms with E-state index < -0.39 is 0 Å². The number of fused-ring (bicyclic) bond motifs is 9. The molecule has 260 valence electrons. The zero-order valence-electron chi connectivity index (χ0n) is 29.7. The molecular weight excluding hydrogens is 826 g/mol. The first-order valence-electron chi connectivity index (χ1n) is 17.6. The van der Waals surface area contributed by atoms with Crippen LogP contribution in [-0.2, 0) is 33.9 Å². The molecule has 9 rings (SSSR count). The minimum Gasteiger partial charge on any atom is -0.509 e. The van der Waals surface area contributed by atoms with Gasteiger partial charge in [-0.2, -0.15) is 17.2 Å². The average Bonchev–Trinajstić information content (AvgIpc) is 3.83. The van der Waals surface area contributed by atoms with Crippen molar-refractivity contribution in [1.29, 1.82) is 0 Å². The van der Waals surface area contributed by atoms with Crippen molar-refractivity contribution in [3.05, 3.63) is 126 Å². The maximum absolute atomic E-state index is 6.54. The molecule has 4 heterocycles. The number of pyridine rings is 1. The molecule has 9 heteroatoms. The Morgan fingerprint density at radius 1 is 0.673 bits per heavy atom. The van der Waals surface area contributed by atoms with Gasteiger partial charge in [0.25, 0.3) is 0 Å². The zero-order valence-corrected chi connectivity index (χ0v) is 31.9. The van der Waals surface area contributed by atoms with E-state index in [1.807, 2.05) is 42.0 Å². The molecule has 0 aliphatic heterocycles. The van der Waals surface area contributed by atoms with Gasteiger partial charge in [0.05, 0.1) is 5.69 Å². The van der Waals surface area contributed by atoms with Gasteiger partial charge < -0.3 is 9.30 Å². The maximum Gasteiger partial charge on any atom is 2.00 e. The molecule has 0 unspecified atom stereocenters. The molecule has 0 aliphatic carbocycles. The molecule has 0 saturated heterocycles. The van der Waals surface area contributed by atoms with Gasteiger partial charge in [0.15, 0.2) is 5.65 Å². The Labute approximate surface area is 316 Å². The zero-order chi connectivity index (χ0) is 34.8. The van der Waals surface area contributed by atoms with Crippen LogP contribution in [0.1, 0.15) is 44.6 Å². The van der Waals surface area contributed by atoms with E-state index in [9.17, 15) is 0 Å². The largest absolute Gasteiger partial charge is 2.00 e. The maximum atomic E-state index is 6.54. The van der Waals surface area contributed by atoms with Crippen LogP contribution in [0.4, 0.5) is 0 Å². The summed E-state index contributed by atoms with van der Waals surface area (Å²) in [6, 6.07) is 38.6. The Morgan fingerprint density at radius 2 is 1.29 bits per heavy atom. The van der Waals surface area contributed by atoms with Crippen molar-refractivity contribution in [3.63, 3.8) is 0 Å². The van der Waals surface area contributed by atoms with Gasteiger partial charge in [-0.15, -0.1) is 45.2 Å². The number of aromatic nitrogens is 7. The summed E-state index contributed by atoms with van der Waals surface area (Å²) in [4.78, 5) is 4.73. The first-order valence-corrected chi connectivity index (χ1v) is 17.6. The minimum absolute atomic E-state index is 0. The Balaban J connectivity index is 0.00000387. The molecule has 0 amide bonds. The molecule has 5 aromatic carbocycles. The fourth-order valence-corrected chi connectivity index (χ4v) is 7.53. The van der Waals surface area contributed by atoms with Gasteiger partial charge in [-0.05, 0) is 59.7 Å². The number of ether oxygens (including phenoxy) is 1. The van der Waals surface area contributed by atoms with Gasteiger partial charge in [-0.3, -0.25) is 4.57 Å². The summed E-state index contributed by atoms with van der Waals surface area (Å²) in [5, 5.41) is 19.3. The standard InChI is InChI=1S/C43H37N7O.Pt/c1-26(2)21-29-11-10-12-30(22-27(3)4)41(29)48-25-44-46-43(48)49-38-16-9-8-14-34(38)36-20-18-31(23-39(36)49)51-32-17-19-35-33-13-6-7-15-37(33)42-45-28(5)47-50(42)40(35)24-32;/h6-20,25-27H,21-22H2,1-5H3;/q-2;+2. The van der Waals surface area contributed by atoms with Crippen LogP contribution in [0.15, 0.2) is 97.3 Å². The first kappa shape index (κ1) is 33.8. The van der Waals surface area contributed by atoms with Crippen LogP contribution in [0, 0.1) is 30.9 Å². The monoisotopic (exact) mass is 862 g/mol. The van der Waals surface area contributed by atoms with Crippen LogP contribution < -0.4 is 4.74 Å². The quantitative estimate of drug-likeness (QED) is 0.112. The third-order valence-electron chi connectivity index (χ3n) is 9.49. The minimum atomic E-state index is 0. The van der Waals surface area contributed by atoms with Gasteiger partial charge in [-0.25, -0.2) is 9.50 Å². The smallest absolute Gasteiger partial charge is 0.509 e. The Kier molecular flexibility index (Phi) is 8.66. The van der Waals surface area contributed by atoms with E-state index in [4.69, 9.17) is 19.9 Å². The summed E-state index contributed by atoms with van der Waals surface area (Å²) in [6.07, 6.45) is 3.75. The van der Waals surface area contributed by atoms with Crippen molar-refractivity contribution < 1.29 is 25.8 Å². The molecule has 0 aliphatic rings. The summed E-state index contributed by atoms with van der Waals surface area (Å²) in [6.45, 7) is 11.0. The summed E-state index contributed by atoms with van der Waals surface area (Å²) in [7, 11) is 0. The van der Waals surface area contributed by atoms with E-state index in [0.717, 1.165) is 67.7 Å². The summed E-state index contributed by atoms with van der Waals surface area (Å²) in [5.74, 6) is 3.54. The second-order valence-corrected chi connectivity index (χ2v) is 14.2. The molecule has 0 N–H and O–H groups in total. The van der Waals surface area contributed by atoms with Crippen LogP contribution in [0.2, 0.25) is 0 Å². The Morgan fingerprint density at radius 3 is 1.98 bits per heavy atom. The number of benzene rings is 5. The van der Waals surface area contributed by atoms with E-state index in [1.165, 1.54) is 11.1 Å². The molecule has 0 spiro atoms. The average molecular weight is 863 g/mol. The summed E-state index contributed by atoms with van der Waals surface area (Å²) >= 11 is 0. The third kappa shape index (κ3) is 5.66. The number of nitrogens with zero attached hydrogens (tertiary/aromatic N) is 7. The third-order valence-corrected chi connectivity index (χ3v) is 9.49. The van der Waals surface area contributed by atoms with E-state index in [-0.39, 0.29) is 21.1 Å². The molecule has 8 nitrogen and oxygen atoms in total. The van der Waals surface area contributed by atoms with E-state index >= 15 is 0 Å². The molecule has 0 atom stereocenters. The van der Waals surface area contributed by atoms with Crippen molar-refractivity contribution in [2.45, 2.75) is 47.5 Å². The van der Waals surface area contributed by atoms with Crippen molar-refractivity contribution in [3.8, 4) is 23.1 Å². The number of hydrogen-bond donors (Lipinski definition) is 0. The van der Waals surface area contributed by atoms with Crippen LogP contribution >= 0.6 is 0 Å². The normalized spacial score (nSPS) is 11.9. The van der Waals surface area contributed by atoms with Crippen molar-refractivity contribution in [2.24, 2.45) is 11.8 Å². The van der Waals surface area contributed by atoms with E-state index in [2.05, 4.69) is 121 Å². The van der Waals surface area contributed by atoms with E-state index in [0.29, 0.717) is 35.1 Å². The number of para-hydroxylation sites is 2. The molecular formula is C43H37N7OPt. The van der Waals surface area contributed by atoms with Crippen molar-refractivity contribution in [1.82, 2.24) is 33.9 Å². The molecule has 0 radical (unpaired) electrons. The van der Waals surface area contributed by atoms with Crippen LogP contribution in [0.3, 0.4) is 0 Å². The predicted molar refractivity (Wildman–Crippen MR) is 203 cm³/mol. The van der Waals surface area contributed by atoms with Crippen LogP contribution in [0.5, 0.6) is 11.5 Å². The SMILES string of the molecule is Cc1nc2c3ccccc3c3ccc(Oc4[c-]c5c(cc4)c4ccccc4n5-c4nncn4-c4c(CC(C)C)cccc4CC(C)C)[c-]c3n2n1.[Pt+2]. The second kappa shape index (κ2) is 13.3. The molecule has 4 aromatic heterocycles. The van der Waals surface area contributed by atoms with E-state index in [1.54, 1.807) is 0 Å². The number of aryl methyl sites for hydroxylation is 1. The molecule has 0 fully saturated rings. The Bertz CT molecular complexity index is 2740. The Hall–Kier alpha value is -5.33. The number of hydrogen-bond acceptors (Lipinski definition) is 5. The summed E-state index contributed by atoms with van der Waals surface area (Å²) < 4.78 is 12.7. The molecule has 9 aromatic rings. The fraction of sp³-hybridized carbons (Fsp3) is 0.209. The predicted octanol–water partition coefficient (Wildman–Crippen LogP) is 9.81. The molecule has 0 bridgehead atoms. The summed E-state index contributed by atoms with van der Waals surface area (Å²) in [5.41, 5.74) is 7.22. The van der Waals surface area contributed by atoms with Crippen molar-refractivity contribution >= 4 is 49.1 Å². The van der Waals surface area contributed by atoms with Gasteiger partial charge in [0.2, 0.25) is 5.95 Å². The molecule has 52 heavy (non-hydrogen) atoms. The van der Waals surface area contributed by atoms with Gasteiger partial charge in [0.1, 0.15) is 12.2 Å². The second-order valence-electron chi connectivity index (χ2n) is 14.2. The van der Waals surface area contributed by atoms with Crippen LogP contribution in [0.25, 0.3) is 60.8 Å². The number of rotatable bonds is 8. The van der Waals surface area contributed by atoms with Crippen molar-refractivity contribution in [2.75, 3.05) is 0 Å². The first-order chi connectivity index (χ1) is 24.8. The van der Waals surface area contributed by atoms with Gasteiger partial charge in [-0.1, -0.05) is 99.3 Å². The topological polar surface area (TPSA) is 75.1 Å².